The van der Waals surface area contributed by atoms with E-state index in [0.29, 0.717) is 0 Å². The van der Waals surface area contributed by atoms with Gasteiger partial charge in [-0.15, -0.1) is 0 Å². The van der Waals surface area contributed by atoms with Crippen LogP contribution in [0.1, 0.15) is 0 Å². The van der Waals surface area contributed by atoms with Crippen LogP contribution in [0.4, 0.5) is 8.78 Å². The summed E-state index contributed by atoms with van der Waals surface area (Å²) < 4.78 is 27.7. The first-order chi connectivity index (χ1) is 5.29. The van der Waals surface area contributed by atoms with Crippen molar-refractivity contribution < 1.29 is 13.5 Å². The fourth-order valence-electron chi connectivity index (χ4n) is 0.581. The zero-order valence-corrected chi connectivity index (χ0v) is 5.71. The first kappa shape index (κ1) is 7.91. The minimum absolute atomic E-state index is 0.229. The van der Waals surface area contributed by atoms with Crippen molar-refractivity contribution in [2.45, 2.75) is 6.43 Å². The Morgan fingerprint density at radius 2 is 2.27 bits per heavy atom. The average Bonchev–Trinajstić information content (AvgIpc) is 2.03. The number of pyridine rings is 1. The predicted molar refractivity (Wildman–Crippen MR) is 35.7 cm³/mol. The normalized spacial score (nSPS) is 10.1. The van der Waals surface area contributed by atoms with E-state index in [0.717, 1.165) is 0 Å². The molecule has 0 aromatic carbocycles. The Morgan fingerprint density at radius 1 is 1.45 bits per heavy atom. The highest BCUT2D eigenvalue weighted by atomic mass is 19.3. The predicted octanol–water partition coefficient (Wildman–Crippen LogP) is 1.73. The van der Waals surface area contributed by atoms with Gasteiger partial charge in [0, 0.05) is 12.3 Å². The highest BCUT2D eigenvalue weighted by Gasteiger charge is 2.02. The second-order valence-electron chi connectivity index (χ2n) is 1.87. The molecule has 0 spiro atoms. The van der Waals surface area contributed by atoms with Crippen LogP contribution < -0.4 is 4.74 Å². The van der Waals surface area contributed by atoms with Crippen molar-refractivity contribution in [3.63, 3.8) is 0 Å². The third-order valence-corrected chi connectivity index (χ3v) is 0.995. The summed E-state index contributed by atoms with van der Waals surface area (Å²) in [5.41, 5.74) is 0. The lowest BCUT2D eigenvalue weighted by molar-refractivity contribution is 0.0796. The van der Waals surface area contributed by atoms with Gasteiger partial charge >= 0.3 is 0 Å². The molecule has 0 fully saturated rings. The molecule has 11 heavy (non-hydrogen) atoms. The van der Waals surface area contributed by atoms with E-state index in [1.807, 2.05) is 0 Å². The van der Waals surface area contributed by atoms with Gasteiger partial charge < -0.3 is 4.74 Å². The molecule has 0 aliphatic carbocycles. The molecule has 0 unspecified atom stereocenters. The first-order valence-corrected chi connectivity index (χ1v) is 3.11. The second kappa shape index (κ2) is 3.85. The minimum Gasteiger partial charge on any atom is -0.472 e. The Kier molecular flexibility index (Phi) is 2.77. The molecule has 0 amide bonds. The fourth-order valence-corrected chi connectivity index (χ4v) is 0.581. The van der Waals surface area contributed by atoms with Crippen LogP contribution in [0.5, 0.6) is 5.88 Å². The third kappa shape index (κ3) is 2.93. The average molecular weight is 159 g/mol. The Hall–Kier alpha value is -1.19. The maximum Gasteiger partial charge on any atom is 0.272 e. The quantitative estimate of drug-likeness (QED) is 0.670. The zero-order valence-electron chi connectivity index (χ0n) is 5.71. The Bertz CT molecular complexity index is 203. The molecule has 0 atom stereocenters. The number of aromatic nitrogens is 1. The van der Waals surface area contributed by atoms with Crippen molar-refractivity contribution in [3.8, 4) is 5.88 Å². The van der Waals surface area contributed by atoms with Crippen LogP contribution in [0.25, 0.3) is 0 Å². The van der Waals surface area contributed by atoms with E-state index >= 15 is 0 Å². The largest absolute Gasteiger partial charge is 0.472 e. The van der Waals surface area contributed by atoms with Gasteiger partial charge in [-0.1, -0.05) is 6.07 Å². The van der Waals surface area contributed by atoms with Gasteiger partial charge in [-0.05, 0) is 6.07 Å². The van der Waals surface area contributed by atoms with Crippen LogP contribution in [-0.2, 0) is 0 Å². The molecule has 1 rings (SSSR count). The van der Waals surface area contributed by atoms with Gasteiger partial charge in [-0.3, -0.25) is 0 Å². The minimum atomic E-state index is -2.45. The summed E-state index contributed by atoms with van der Waals surface area (Å²) in [4.78, 5) is 3.70. The van der Waals surface area contributed by atoms with Gasteiger partial charge in [0.05, 0.1) is 0 Å². The molecule has 0 aliphatic rings. The molecule has 0 aliphatic heterocycles. The summed E-state index contributed by atoms with van der Waals surface area (Å²) in [7, 11) is 0. The first-order valence-electron chi connectivity index (χ1n) is 3.11. The van der Waals surface area contributed by atoms with Gasteiger partial charge in [0.25, 0.3) is 6.43 Å². The van der Waals surface area contributed by atoms with E-state index in [-0.39, 0.29) is 5.88 Å². The molecule has 0 saturated heterocycles. The third-order valence-electron chi connectivity index (χ3n) is 0.995. The van der Waals surface area contributed by atoms with Crippen molar-refractivity contribution in [3.05, 3.63) is 24.4 Å². The summed E-state index contributed by atoms with van der Waals surface area (Å²) in [6.07, 6.45) is -0.960. The lowest BCUT2D eigenvalue weighted by atomic mass is 10.5. The van der Waals surface area contributed by atoms with Gasteiger partial charge in [-0.2, -0.15) is 0 Å². The molecule has 2 nitrogen and oxygen atoms in total. The Labute approximate surface area is 62.8 Å². The molecule has 0 saturated carbocycles. The Balaban J connectivity index is 2.39. The molecule has 1 aromatic heterocycles. The topological polar surface area (TPSA) is 22.1 Å². The number of rotatable bonds is 3. The number of halogens is 2. The zero-order chi connectivity index (χ0) is 8.10. The summed E-state index contributed by atoms with van der Waals surface area (Å²) >= 11 is 0. The van der Waals surface area contributed by atoms with Gasteiger partial charge in [-0.25, -0.2) is 13.8 Å². The molecule has 1 heterocycles. The number of nitrogens with zero attached hydrogens (tertiary/aromatic N) is 1. The van der Waals surface area contributed by atoms with E-state index in [4.69, 9.17) is 0 Å². The lowest BCUT2D eigenvalue weighted by Crippen LogP contribution is -2.07. The lowest BCUT2D eigenvalue weighted by Gasteiger charge is -2.01. The van der Waals surface area contributed by atoms with Crippen molar-refractivity contribution in [1.82, 2.24) is 4.98 Å². The fraction of sp³-hybridized carbons (Fsp3) is 0.286. The van der Waals surface area contributed by atoms with Crippen molar-refractivity contribution in [1.29, 1.82) is 0 Å². The standard InChI is InChI=1S/C7H7F2NO/c8-6(9)5-11-7-3-1-2-4-10-7/h1-4,6H,5H2. The van der Waals surface area contributed by atoms with Crippen LogP contribution in [0, 0.1) is 0 Å². The smallest absolute Gasteiger partial charge is 0.272 e. The van der Waals surface area contributed by atoms with Crippen molar-refractivity contribution in [2.75, 3.05) is 6.61 Å². The van der Waals surface area contributed by atoms with E-state index in [1.165, 1.54) is 12.3 Å². The van der Waals surface area contributed by atoms with Crippen LogP contribution in [0.15, 0.2) is 24.4 Å². The molecule has 60 valence electrons. The molecule has 0 radical (unpaired) electrons. The molecule has 0 bridgehead atoms. The summed E-state index contributed by atoms with van der Waals surface area (Å²) in [6, 6.07) is 4.89. The SMILES string of the molecule is FC(F)COc1ccccn1. The highest BCUT2D eigenvalue weighted by molar-refractivity contribution is 5.08. The Morgan fingerprint density at radius 3 is 2.82 bits per heavy atom. The van der Waals surface area contributed by atoms with Crippen LogP contribution in [0.3, 0.4) is 0 Å². The second-order valence-corrected chi connectivity index (χ2v) is 1.87. The van der Waals surface area contributed by atoms with E-state index < -0.39 is 13.0 Å². The van der Waals surface area contributed by atoms with Crippen LogP contribution in [0.2, 0.25) is 0 Å². The monoisotopic (exact) mass is 159 g/mol. The van der Waals surface area contributed by atoms with Crippen LogP contribution in [-0.4, -0.2) is 18.0 Å². The van der Waals surface area contributed by atoms with Gasteiger partial charge in [0.2, 0.25) is 5.88 Å². The van der Waals surface area contributed by atoms with E-state index in [2.05, 4.69) is 9.72 Å². The number of ether oxygens (including phenoxy) is 1. The van der Waals surface area contributed by atoms with Crippen molar-refractivity contribution in [2.24, 2.45) is 0 Å². The van der Waals surface area contributed by atoms with E-state index in [1.54, 1.807) is 12.1 Å². The molecular weight excluding hydrogens is 152 g/mol. The maximum absolute atomic E-state index is 11.6. The maximum atomic E-state index is 11.6. The number of alkyl halides is 2. The highest BCUT2D eigenvalue weighted by Crippen LogP contribution is 2.04. The summed E-state index contributed by atoms with van der Waals surface area (Å²) in [6.45, 7) is -0.600. The molecule has 0 N–H and O–H groups in total. The molecule has 4 heteroatoms. The number of hydrogen-bond donors (Lipinski definition) is 0. The molecular formula is C7H7F2NO. The van der Waals surface area contributed by atoms with Crippen LogP contribution >= 0.6 is 0 Å². The van der Waals surface area contributed by atoms with Crippen molar-refractivity contribution >= 4 is 0 Å². The summed E-state index contributed by atoms with van der Waals surface area (Å²) in [5.74, 6) is 0.229. The summed E-state index contributed by atoms with van der Waals surface area (Å²) in [5, 5.41) is 0. The van der Waals surface area contributed by atoms with Gasteiger partial charge in [0.1, 0.15) is 0 Å². The molecule has 1 aromatic rings. The van der Waals surface area contributed by atoms with Gasteiger partial charge in [0.15, 0.2) is 6.61 Å². The number of hydrogen-bond acceptors (Lipinski definition) is 2. The van der Waals surface area contributed by atoms with E-state index in [9.17, 15) is 8.78 Å².